The Hall–Kier alpha value is -1.32. The predicted molar refractivity (Wildman–Crippen MR) is 65.2 cm³/mol. The van der Waals surface area contributed by atoms with Gasteiger partial charge in [-0.2, -0.15) is 5.10 Å². The summed E-state index contributed by atoms with van der Waals surface area (Å²) in [5, 5.41) is 13.6. The first-order valence-electron chi connectivity index (χ1n) is 6.19. The lowest BCUT2D eigenvalue weighted by Gasteiger charge is -2.25. The molecule has 1 saturated carbocycles. The zero-order chi connectivity index (χ0) is 12.6. The summed E-state index contributed by atoms with van der Waals surface area (Å²) < 4.78 is 1.67. The molecule has 1 aromatic heterocycles. The molecule has 1 aliphatic carbocycles. The monoisotopic (exact) mass is 236 g/mol. The number of aromatic nitrogens is 2. The zero-order valence-corrected chi connectivity index (χ0v) is 10.7. The molecule has 0 saturated heterocycles. The average Bonchev–Trinajstić information content (AvgIpc) is 2.54. The zero-order valence-electron chi connectivity index (χ0n) is 10.7. The molecule has 0 radical (unpaired) electrons. The maximum atomic E-state index is 11.2. The summed E-state index contributed by atoms with van der Waals surface area (Å²) in [4.78, 5) is 11.2. The summed E-state index contributed by atoms with van der Waals surface area (Å²) in [6, 6.07) is 1.71. The van der Waals surface area contributed by atoms with Gasteiger partial charge in [-0.05, 0) is 24.8 Å². The molecule has 4 nitrogen and oxygen atoms in total. The topological polar surface area (TPSA) is 55.1 Å². The van der Waals surface area contributed by atoms with Crippen LogP contribution in [-0.4, -0.2) is 20.9 Å². The second-order valence-electron chi connectivity index (χ2n) is 5.95. The van der Waals surface area contributed by atoms with E-state index in [2.05, 4.69) is 25.9 Å². The lowest BCUT2D eigenvalue weighted by Crippen LogP contribution is -2.22. The molecule has 0 spiro atoms. The van der Waals surface area contributed by atoms with E-state index in [1.807, 2.05) is 0 Å². The Morgan fingerprint density at radius 2 is 2.18 bits per heavy atom. The van der Waals surface area contributed by atoms with E-state index >= 15 is 0 Å². The molecule has 1 fully saturated rings. The Labute approximate surface area is 102 Å². The SMILES string of the molecule is CC(C)(C)c1cc(C(=O)O)n(CC2CCC2)n1. The highest BCUT2D eigenvalue weighted by molar-refractivity contribution is 5.85. The number of carbonyl (C=O) groups is 1. The minimum absolute atomic E-state index is 0.102. The minimum Gasteiger partial charge on any atom is -0.477 e. The van der Waals surface area contributed by atoms with Gasteiger partial charge in [-0.1, -0.05) is 27.2 Å². The molecule has 0 unspecified atom stereocenters. The van der Waals surface area contributed by atoms with Gasteiger partial charge in [-0.3, -0.25) is 4.68 Å². The van der Waals surface area contributed by atoms with Gasteiger partial charge in [-0.15, -0.1) is 0 Å². The summed E-state index contributed by atoms with van der Waals surface area (Å²) in [5.74, 6) is -0.270. The van der Waals surface area contributed by atoms with Crippen molar-refractivity contribution in [1.82, 2.24) is 9.78 Å². The lowest BCUT2D eigenvalue weighted by molar-refractivity contribution is 0.0680. The average molecular weight is 236 g/mol. The van der Waals surface area contributed by atoms with Gasteiger partial charge in [0.1, 0.15) is 5.69 Å². The van der Waals surface area contributed by atoms with E-state index in [0.717, 1.165) is 12.2 Å². The van der Waals surface area contributed by atoms with Crippen LogP contribution in [0.2, 0.25) is 0 Å². The van der Waals surface area contributed by atoms with E-state index in [1.165, 1.54) is 19.3 Å². The Balaban J connectivity index is 2.28. The molecule has 94 valence electrons. The summed E-state index contributed by atoms with van der Waals surface area (Å²) in [7, 11) is 0. The Morgan fingerprint density at radius 1 is 1.53 bits per heavy atom. The van der Waals surface area contributed by atoms with Crippen LogP contribution in [0.1, 0.15) is 56.2 Å². The third kappa shape index (κ3) is 2.51. The highest BCUT2D eigenvalue weighted by atomic mass is 16.4. The number of hydrogen-bond acceptors (Lipinski definition) is 2. The number of aromatic carboxylic acids is 1. The second kappa shape index (κ2) is 4.17. The van der Waals surface area contributed by atoms with E-state index in [9.17, 15) is 9.90 Å². The standard InChI is InChI=1S/C13H20N2O2/c1-13(2,3)11-7-10(12(16)17)15(14-11)8-9-5-4-6-9/h7,9H,4-6,8H2,1-3H3,(H,16,17). The minimum atomic E-state index is -0.882. The van der Waals surface area contributed by atoms with E-state index in [1.54, 1.807) is 10.7 Å². The van der Waals surface area contributed by atoms with Gasteiger partial charge in [0, 0.05) is 12.0 Å². The van der Waals surface area contributed by atoms with E-state index in [-0.39, 0.29) is 5.41 Å². The van der Waals surface area contributed by atoms with Crippen LogP contribution < -0.4 is 0 Å². The van der Waals surface area contributed by atoms with Crippen LogP contribution in [-0.2, 0) is 12.0 Å². The van der Waals surface area contributed by atoms with Crippen molar-refractivity contribution in [3.63, 3.8) is 0 Å². The molecule has 0 atom stereocenters. The van der Waals surface area contributed by atoms with Crippen molar-refractivity contribution >= 4 is 5.97 Å². The van der Waals surface area contributed by atoms with Crippen molar-refractivity contribution < 1.29 is 9.90 Å². The Bertz CT molecular complexity index is 425. The summed E-state index contributed by atoms with van der Waals surface area (Å²) in [6.07, 6.45) is 3.66. The first kappa shape index (κ1) is 12.1. The van der Waals surface area contributed by atoms with Crippen LogP contribution in [0.5, 0.6) is 0 Å². The van der Waals surface area contributed by atoms with Crippen LogP contribution >= 0.6 is 0 Å². The first-order chi connectivity index (χ1) is 7.88. The van der Waals surface area contributed by atoms with Crippen LogP contribution in [0, 0.1) is 5.92 Å². The maximum absolute atomic E-state index is 11.2. The quantitative estimate of drug-likeness (QED) is 0.877. The third-order valence-corrected chi connectivity index (χ3v) is 3.42. The molecule has 0 bridgehead atoms. The number of hydrogen-bond donors (Lipinski definition) is 1. The van der Waals surface area contributed by atoms with E-state index in [0.29, 0.717) is 11.6 Å². The summed E-state index contributed by atoms with van der Waals surface area (Å²) >= 11 is 0. The molecule has 0 aliphatic heterocycles. The van der Waals surface area contributed by atoms with Crippen molar-refractivity contribution in [2.24, 2.45) is 5.92 Å². The van der Waals surface area contributed by atoms with Gasteiger partial charge in [0.25, 0.3) is 0 Å². The molecule has 0 aromatic carbocycles. The summed E-state index contributed by atoms with van der Waals surface area (Å²) in [5.41, 5.74) is 1.07. The normalized spacial score (nSPS) is 16.9. The van der Waals surface area contributed by atoms with Gasteiger partial charge in [0.05, 0.1) is 5.69 Å². The van der Waals surface area contributed by atoms with Gasteiger partial charge in [0.2, 0.25) is 0 Å². The maximum Gasteiger partial charge on any atom is 0.354 e. The molecule has 0 amide bonds. The van der Waals surface area contributed by atoms with Crippen molar-refractivity contribution in [1.29, 1.82) is 0 Å². The highest BCUT2D eigenvalue weighted by Crippen LogP contribution is 2.29. The third-order valence-electron chi connectivity index (χ3n) is 3.42. The Morgan fingerprint density at radius 3 is 2.59 bits per heavy atom. The number of nitrogens with zero attached hydrogens (tertiary/aromatic N) is 2. The lowest BCUT2D eigenvalue weighted by atomic mass is 9.85. The molecule has 1 N–H and O–H groups in total. The van der Waals surface area contributed by atoms with Crippen LogP contribution in [0.4, 0.5) is 0 Å². The van der Waals surface area contributed by atoms with Gasteiger partial charge in [-0.25, -0.2) is 4.79 Å². The highest BCUT2D eigenvalue weighted by Gasteiger charge is 2.25. The molecule has 17 heavy (non-hydrogen) atoms. The van der Waals surface area contributed by atoms with E-state index < -0.39 is 5.97 Å². The van der Waals surface area contributed by atoms with Gasteiger partial charge in [0.15, 0.2) is 0 Å². The van der Waals surface area contributed by atoms with Crippen LogP contribution in [0.25, 0.3) is 0 Å². The molecule has 1 heterocycles. The van der Waals surface area contributed by atoms with Gasteiger partial charge >= 0.3 is 5.97 Å². The summed E-state index contributed by atoms with van der Waals surface area (Å²) in [6.45, 7) is 6.90. The molecular formula is C13H20N2O2. The Kier molecular flexibility index (Phi) is 2.98. The fraction of sp³-hybridized carbons (Fsp3) is 0.692. The predicted octanol–water partition coefficient (Wildman–Crippen LogP) is 2.68. The van der Waals surface area contributed by atoms with Crippen LogP contribution in [0.15, 0.2) is 6.07 Å². The molecule has 4 heteroatoms. The van der Waals surface area contributed by atoms with Crippen molar-refractivity contribution in [2.75, 3.05) is 0 Å². The van der Waals surface area contributed by atoms with Crippen LogP contribution in [0.3, 0.4) is 0 Å². The fourth-order valence-corrected chi connectivity index (χ4v) is 2.01. The number of carboxylic acids is 1. The number of rotatable bonds is 3. The second-order valence-corrected chi connectivity index (χ2v) is 5.95. The largest absolute Gasteiger partial charge is 0.477 e. The fourth-order valence-electron chi connectivity index (χ4n) is 2.01. The van der Waals surface area contributed by atoms with Gasteiger partial charge < -0.3 is 5.11 Å². The molecule has 1 aromatic rings. The molecular weight excluding hydrogens is 216 g/mol. The van der Waals surface area contributed by atoms with Crippen molar-refractivity contribution in [3.05, 3.63) is 17.5 Å². The number of carboxylic acid groups (broad SMARTS) is 1. The first-order valence-corrected chi connectivity index (χ1v) is 6.19. The smallest absolute Gasteiger partial charge is 0.354 e. The van der Waals surface area contributed by atoms with Crippen molar-refractivity contribution in [3.8, 4) is 0 Å². The molecule has 1 aliphatic rings. The molecule has 2 rings (SSSR count). The van der Waals surface area contributed by atoms with E-state index in [4.69, 9.17) is 0 Å². The van der Waals surface area contributed by atoms with Crippen molar-refractivity contribution in [2.45, 2.75) is 52.0 Å².